The van der Waals surface area contributed by atoms with Gasteiger partial charge < -0.3 is 20.1 Å². The van der Waals surface area contributed by atoms with Gasteiger partial charge in [-0.25, -0.2) is 0 Å². The molecule has 0 aromatic heterocycles. The Hall–Kier alpha value is -2.96. The standard InChI is InChI=1S/C22H20N2O2S2/c1-25-19-11-7-17(8-12-19)23-21(27)15-3-5-16(6-4-15)22(28)24-18-9-13-20(26-2)14-10-18/h3-14H,1-2H3,(H,23,27)(H,24,28). The van der Waals surface area contributed by atoms with Gasteiger partial charge in [-0.15, -0.1) is 0 Å². The van der Waals surface area contributed by atoms with Crippen LogP contribution in [0.3, 0.4) is 0 Å². The summed E-state index contributed by atoms with van der Waals surface area (Å²) in [6.45, 7) is 0. The maximum Gasteiger partial charge on any atom is 0.119 e. The van der Waals surface area contributed by atoms with Crippen LogP contribution >= 0.6 is 24.4 Å². The number of hydrogen-bond donors (Lipinski definition) is 2. The van der Waals surface area contributed by atoms with Gasteiger partial charge in [0.15, 0.2) is 0 Å². The Bertz CT molecular complexity index is 873. The van der Waals surface area contributed by atoms with Crippen LogP contribution in [0.5, 0.6) is 11.5 Å². The quantitative estimate of drug-likeness (QED) is 0.541. The Morgan fingerprint density at radius 2 is 0.893 bits per heavy atom. The highest BCUT2D eigenvalue weighted by Gasteiger charge is 2.06. The summed E-state index contributed by atoms with van der Waals surface area (Å²) in [6.07, 6.45) is 0. The molecule has 0 radical (unpaired) electrons. The molecule has 0 unspecified atom stereocenters. The van der Waals surface area contributed by atoms with Gasteiger partial charge in [0.2, 0.25) is 0 Å². The third-order valence-corrected chi connectivity index (χ3v) is 4.78. The van der Waals surface area contributed by atoms with Crippen molar-refractivity contribution in [2.24, 2.45) is 0 Å². The number of benzene rings is 3. The second-order valence-corrected chi connectivity index (χ2v) is 6.76. The van der Waals surface area contributed by atoms with Gasteiger partial charge >= 0.3 is 0 Å². The minimum atomic E-state index is 0.644. The van der Waals surface area contributed by atoms with E-state index in [-0.39, 0.29) is 0 Å². The summed E-state index contributed by atoms with van der Waals surface area (Å²) < 4.78 is 10.3. The van der Waals surface area contributed by atoms with Crippen LogP contribution in [0.4, 0.5) is 11.4 Å². The Labute approximate surface area is 175 Å². The zero-order valence-corrected chi connectivity index (χ0v) is 17.2. The first kappa shape index (κ1) is 19.8. The molecule has 0 atom stereocenters. The molecule has 0 aliphatic carbocycles. The lowest BCUT2D eigenvalue weighted by Crippen LogP contribution is -2.13. The predicted molar refractivity (Wildman–Crippen MR) is 123 cm³/mol. The zero-order valence-electron chi connectivity index (χ0n) is 15.6. The highest BCUT2D eigenvalue weighted by molar-refractivity contribution is 7.81. The van der Waals surface area contributed by atoms with Crippen molar-refractivity contribution >= 4 is 45.8 Å². The monoisotopic (exact) mass is 408 g/mol. The van der Waals surface area contributed by atoms with Crippen molar-refractivity contribution in [2.45, 2.75) is 0 Å². The molecule has 0 heterocycles. The van der Waals surface area contributed by atoms with Gasteiger partial charge in [0, 0.05) is 22.5 Å². The highest BCUT2D eigenvalue weighted by Crippen LogP contribution is 2.18. The van der Waals surface area contributed by atoms with Crippen LogP contribution < -0.4 is 20.1 Å². The smallest absolute Gasteiger partial charge is 0.119 e. The van der Waals surface area contributed by atoms with Crippen LogP contribution in [0.1, 0.15) is 11.1 Å². The van der Waals surface area contributed by atoms with E-state index in [1.54, 1.807) is 14.2 Å². The summed E-state index contributed by atoms with van der Waals surface area (Å²) >= 11 is 11.0. The van der Waals surface area contributed by atoms with E-state index in [0.717, 1.165) is 34.0 Å². The molecule has 0 bridgehead atoms. The van der Waals surface area contributed by atoms with Crippen molar-refractivity contribution in [1.29, 1.82) is 0 Å². The molecule has 6 heteroatoms. The first-order valence-electron chi connectivity index (χ1n) is 8.60. The Kier molecular flexibility index (Phi) is 6.57. The van der Waals surface area contributed by atoms with Crippen molar-refractivity contribution < 1.29 is 9.47 Å². The average molecular weight is 409 g/mol. The number of nitrogens with one attached hydrogen (secondary N) is 2. The van der Waals surface area contributed by atoms with Crippen molar-refractivity contribution in [2.75, 3.05) is 24.9 Å². The fourth-order valence-corrected chi connectivity index (χ4v) is 3.04. The second kappa shape index (κ2) is 9.30. The van der Waals surface area contributed by atoms with Gasteiger partial charge in [-0.1, -0.05) is 48.7 Å². The van der Waals surface area contributed by atoms with Crippen LogP contribution in [0.15, 0.2) is 72.8 Å². The van der Waals surface area contributed by atoms with Crippen LogP contribution in [0.2, 0.25) is 0 Å². The zero-order chi connectivity index (χ0) is 19.9. The third-order valence-electron chi connectivity index (χ3n) is 4.11. The number of anilines is 2. The molecule has 0 saturated heterocycles. The molecule has 0 amide bonds. The SMILES string of the molecule is COc1ccc(NC(=S)c2ccc(C(=S)Nc3ccc(OC)cc3)cc2)cc1. The van der Waals surface area contributed by atoms with Crippen LogP contribution in [0, 0.1) is 0 Å². The molecular weight excluding hydrogens is 388 g/mol. The van der Waals surface area contributed by atoms with Gasteiger partial charge in [0.25, 0.3) is 0 Å². The maximum atomic E-state index is 5.50. The molecule has 2 N–H and O–H groups in total. The summed E-state index contributed by atoms with van der Waals surface area (Å²) in [7, 11) is 3.28. The molecule has 0 saturated carbocycles. The lowest BCUT2D eigenvalue weighted by Gasteiger charge is -2.11. The van der Waals surface area contributed by atoms with Gasteiger partial charge in [-0.2, -0.15) is 0 Å². The summed E-state index contributed by atoms with van der Waals surface area (Å²) in [6, 6.07) is 23.1. The van der Waals surface area contributed by atoms with E-state index >= 15 is 0 Å². The molecule has 142 valence electrons. The second-order valence-electron chi connectivity index (χ2n) is 5.94. The van der Waals surface area contributed by atoms with E-state index in [9.17, 15) is 0 Å². The van der Waals surface area contributed by atoms with Gasteiger partial charge in [-0.3, -0.25) is 0 Å². The molecular formula is C22H20N2O2S2. The lowest BCUT2D eigenvalue weighted by atomic mass is 10.1. The van der Waals surface area contributed by atoms with Crippen LogP contribution in [-0.4, -0.2) is 24.2 Å². The number of rotatable bonds is 6. The Morgan fingerprint density at radius 1 is 0.571 bits per heavy atom. The van der Waals surface area contributed by atoms with Crippen LogP contribution in [0.25, 0.3) is 0 Å². The molecule has 0 aliphatic rings. The molecule has 0 spiro atoms. The summed E-state index contributed by atoms with van der Waals surface area (Å²) in [5.74, 6) is 1.61. The Morgan fingerprint density at radius 3 is 1.18 bits per heavy atom. The summed E-state index contributed by atoms with van der Waals surface area (Å²) in [5.41, 5.74) is 3.65. The molecule has 28 heavy (non-hydrogen) atoms. The molecule has 3 aromatic carbocycles. The number of thiocarbonyl (C=S) groups is 2. The van der Waals surface area contributed by atoms with E-state index in [2.05, 4.69) is 10.6 Å². The van der Waals surface area contributed by atoms with Gasteiger partial charge in [0.1, 0.15) is 21.5 Å². The van der Waals surface area contributed by atoms with Gasteiger partial charge in [-0.05, 0) is 48.5 Å². The lowest BCUT2D eigenvalue weighted by molar-refractivity contribution is 0.415. The number of hydrogen-bond acceptors (Lipinski definition) is 4. The molecule has 3 rings (SSSR count). The molecule has 4 nitrogen and oxygen atoms in total. The summed E-state index contributed by atoms with van der Waals surface area (Å²) in [5, 5.41) is 6.45. The van der Waals surface area contributed by atoms with Gasteiger partial charge in [0.05, 0.1) is 14.2 Å². The van der Waals surface area contributed by atoms with E-state index in [1.165, 1.54) is 0 Å². The number of methoxy groups -OCH3 is 2. The summed E-state index contributed by atoms with van der Waals surface area (Å²) in [4.78, 5) is 1.29. The fourth-order valence-electron chi connectivity index (χ4n) is 2.53. The minimum Gasteiger partial charge on any atom is -0.497 e. The number of ether oxygens (including phenoxy) is 2. The first-order valence-corrected chi connectivity index (χ1v) is 9.41. The fraction of sp³-hybridized carbons (Fsp3) is 0.0909. The maximum absolute atomic E-state index is 5.50. The third kappa shape index (κ3) is 5.06. The largest absolute Gasteiger partial charge is 0.497 e. The highest BCUT2D eigenvalue weighted by atomic mass is 32.1. The van der Waals surface area contributed by atoms with E-state index in [1.807, 2.05) is 72.8 Å². The van der Waals surface area contributed by atoms with Crippen molar-refractivity contribution in [1.82, 2.24) is 0 Å². The normalized spacial score (nSPS) is 10.1. The average Bonchev–Trinajstić information content (AvgIpc) is 2.75. The topological polar surface area (TPSA) is 42.5 Å². The van der Waals surface area contributed by atoms with E-state index < -0.39 is 0 Å². The Balaban J connectivity index is 1.62. The minimum absolute atomic E-state index is 0.644. The molecule has 0 fully saturated rings. The molecule has 0 aliphatic heterocycles. The van der Waals surface area contributed by atoms with Crippen molar-refractivity contribution in [3.8, 4) is 11.5 Å². The van der Waals surface area contributed by atoms with Crippen molar-refractivity contribution in [3.63, 3.8) is 0 Å². The van der Waals surface area contributed by atoms with Crippen LogP contribution in [-0.2, 0) is 0 Å². The van der Waals surface area contributed by atoms with Crippen molar-refractivity contribution in [3.05, 3.63) is 83.9 Å². The molecule has 3 aromatic rings. The first-order chi connectivity index (χ1) is 13.6. The predicted octanol–water partition coefficient (Wildman–Crippen LogP) is 5.28. The van der Waals surface area contributed by atoms with E-state index in [0.29, 0.717) is 9.98 Å². The van der Waals surface area contributed by atoms with E-state index in [4.69, 9.17) is 33.9 Å².